The maximum absolute atomic E-state index is 12.4. The summed E-state index contributed by atoms with van der Waals surface area (Å²) in [6.07, 6.45) is 8.02. The van der Waals surface area contributed by atoms with Crippen molar-refractivity contribution >= 4 is 5.78 Å². The molecule has 2 rings (SSSR count). The molecule has 16 heavy (non-hydrogen) atoms. The van der Waals surface area contributed by atoms with Crippen LogP contribution in [0.3, 0.4) is 0 Å². The summed E-state index contributed by atoms with van der Waals surface area (Å²) >= 11 is 0. The van der Waals surface area contributed by atoms with Crippen LogP contribution in [0.15, 0.2) is 24.5 Å². The molecule has 1 fully saturated rings. The van der Waals surface area contributed by atoms with E-state index in [9.17, 15) is 4.79 Å². The van der Waals surface area contributed by atoms with Gasteiger partial charge >= 0.3 is 0 Å². The Morgan fingerprint density at radius 1 is 1.44 bits per heavy atom. The number of rotatable bonds is 2. The fourth-order valence-electron chi connectivity index (χ4n) is 2.69. The van der Waals surface area contributed by atoms with E-state index in [4.69, 9.17) is 0 Å². The number of hydrogen-bond donors (Lipinski definition) is 0. The molecule has 0 aromatic carbocycles. The van der Waals surface area contributed by atoms with Crippen LogP contribution < -0.4 is 0 Å². The van der Waals surface area contributed by atoms with Crippen LogP contribution in [0.4, 0.5) is 0 Å². The molecule has 0 aliphatic heterocycles. The molecule has 1 aromatic heterocycles. The Bertz CT molecular complexity index is 370. The second kappa shape index (κ2) is 4.36. The Labute approximate surface area is 97.1 Å². The second-order valence-electron chi connectivity index (χ2n) is 5.39. The fourth-order valence-corrected chi connectivity index (χ4v) is 2.69. The third-order valence-electron chi connectivity index (χ3n) is 3.77. The highest BCUT2D eigenvalue weighted by molar-refractivity contribution is 5.98. The SMILES string of the molecule is CC1(C)CCCCC1C(=O)c1cccnc1. The van der Waals surface area contributed by atoms with Gasteiger partial charge in [-0.2, -0.15) is 0 Å². The topological polar surface area (TPSA) is 30.0 Å². The maximum atomic E-state index is 12.4. The van der Waals surface area contributed by atoms with E-state index < -0.39 is 0 Å². The molecule has 1 aromatic rings. The smallest absolute Gasteiger partial charge is 0.168 e. The van der Waals surface area contributed by atoms with Crippen LogP contribution in [0.25, 0.3) is 0 Å². The number of nitrogens with zero attached hydrogens (tertiary/aromatic N) is 1. The van der Waals surface area contributed by atoms with E-state index in [-0.39, 0.29) is 17.1 Å². The summed E-state index contributed by atoms with van der Waals surface area (Å²) in [4.78, 5) is 16.4. The van der Waals surface area contributed by atoms with Crippen LogP contribution in [-0.2, 0) is 0 Å². The summed E-state index contributed by atoms with van der Waals surface area (Å²) in [5.41, 5.74) is 0.910. The molecule has 0 spiro atoms. The molecule has 1 atom stereocenters. The van der Waals surface area contributed by atoms with Crippen LogP contribution in [-0.4, -0.2) is 10.8 Å². The molecule has 1 heterocycles. The number of hydrogen-bond acceptors (Lipinski definition) is 2. The Hall–Kier alpha value is -1.18. The van der Waals surface area contributed by atoms with Crippen molar-refractivity contribution in [2.24, 2.45) is 11.3 Å². The molecule has 0 N–H and O–H groups in total. The van der Waals surface area contributed by atoms with Crippen LogP contribution in [0.5, 0.6) is 0 Å². The Morgan fingerprint density at radius 3 is 2.88 bits per heavy atom. The van der Waals surface area contributed by atoms with Crippen molar-refractivity contribution in [2.75, 3.05) is 0 Å². The highest BCUT2D eigenvalue weighted by atomic mass is 16.1. The number of carbonyl (C=O) groups is 1. The zero-order valence-electron chi connectivity index (χ0n) is 10.1. The van der Waals surface area contributed by atoms with Gasteiger partial charge in [0.25, 0.3) is 0 Å². The van der Waals surface area contributed by atoms with E-state index in [0.717, 1.165) is 18.4 Å². The molecule has 0 bridgehead atoms. The summed E-state index contributed by atoms with van der Waals surface area (Å²) in [5, 5.41) is 0. The molecule has 1 aliphatic rings. The van der Waals surface area contributed by atoms with Crippen molar-refractivity contribution in [2.45, 2.75) is 39.5 Å². The predicted octanol–water partition coefficient (Wildman–Crippen LogP) is 3.48. The van der Waals surface area contributed by atoms with E-state index in [1.165, 1.54) is 12.8 Å². The van der Waals surface area contributed by atoms with E-state index in [0.29, 0.717) is 0 Å². The van der Waals surface area contributed by atoms with Gasteiger partial charge < -0.3 is 0 Å². The van der Waals surface area contributed by atoms with Gasteiger partial charge in [-0.15, -0.1) is 0 Å². The summed E-state index contributed by atoms with van der Waals surface area (Å²) in [6, 6.07) is 3.71. The minimum absolute atomic E-state index is 0.144. The zero-order valence-corrected chi connectivity index (χ0v) is 10.1. The molecular formula is C14H19NO. The fraction of sp³-hybridized carbons (Fsp3) is 0.571. The normalized spacial score (nSPS) is 24.0. The Morgan fingerprint density at radius 2 is 2.25 bits per heavy atom. The van der Waals surface area contributed by atoms with Gasteiger partial charge in [0.05, 0.1) is 0 Å². The summed E-state index contributed by atoms with van der Waals surface area (Å²) in [7, 11) is 0. The van der Waals surface area contributed by atoms with E-state index in [2.05, 4.69) is 18.8 Å². The number of pyridine rings is 1. The molecule has 0 amide bonds. The first-order valence-corrected chi connectivity index (χ1v) is 6.05. The molecule has 1 saturated carbocycles. The lowest BCUT2D eigenvalue weighted by atomic mass is 9.66. The molecular weight excluding hydrogens is 198 g/mol. The molecule has 2 heteroatoms. The second-order valence-corrected chi connectivity index (χ2v) is 5.39. The first kappa shape index (κ1) is 11.3. The standard InChI is InChI=1S/C14H19NO/c1-14(2)8-4-3-7-12(14)13(16)11-6-5-9-15-10-11/h5-6,9-10,12H,3-4,7-8H2,1-2H3. The molecule has 86 valence electrons. The number of ketones is 1. The van der Waals surface area contributed by atoms with Crippen LogP contribution in [0, 0.1) is 11.3 Å². The molecule has 0 saturated heterocycles. The Kier molecular flexibility index (Phi) is 3.08. The first-order valence-electron chi connectivity index (χ1n) is 6.05. The van der Waals surface area contributed by atoms with Gasteiger partial charge in [0.2, 0.25) is 0 Å². The van der Waals surface area contributed by atoms with E-state index in [1.54, 1.807) is 12.4 Å². The van der Waals surface area contributed by atoms with Crippen molar-refractivity contribution in [3.63, 3.8) is 0 Å². The average Bonchev–Trinajstić information content (AvgIpc) is 2.29. The van der Waals surface area contributed by atoms with Gasteiger partial charge in [0.15, 0.2) is 5.78 Å². The summed E-state index contributed by atoms with van der Waals surface area (Å²) < 4.78 is 0. The van der Waals surface area contributed by atoms with Gasteiger partial charge in [-0.3, -0.25) is 9.78 Å². The molecule has 0 radical (unpaired) electrons. The zero-order chi connectivity index (χ0) is 11.6. The van der Waals surface area contributed by atoms with E-state index >= 15 is 0 Å². The van der Waals surface area contributed by atoms with Crippen molar-refractivity contribution in [1.82, 2.24) is 4.98 Å². The van der Waals surface area contributed by atoms with Crippen LogP contribution in [0.1, 0.15) is 49.9 Å². The van der Waals surface area contributed by atoms with Crippen molar-refractivity contribution in [1.29, 1.82) is 0 Å². The lowest BCUT2D eigenvalue weighted by Crippen LogP contribution is -2.34. The van der Waals surface area contributed by atoms with Crippen molar-refractivity contribution < 1.29 is 4.79 Å². The number of carbonyl (C=O) groups excluding carboxylic acids is 1. The summed E-state index contributed by atoms with van der Waals surface area (Å²) in [5.74, 6) is 0.447. The van der Waals surface area contributed by atoms with Gasteiger partial charge in [0.1, 0.15) is 0 Å². The number of aromatic nitrogens is 1. The van der Waals surface area contributed by atoms with Crippen molar-refractivity contribution in [3.8, 4) is 0 Å². The van der Waals surface area contributed by atoms with Crippen LogP contribution in [0.2, 0.25) is 0 Å². The summed E-state index contributed by atoms with van der Waals surface area (Å²) in [6.45, 7) is 4.43. The maximum Gasteiger partial charge on any atom is 0.168 e. The molecule has 1 aliphatic carbocycles. The largest absolute Gasteiger partial charge is 0.294 e. The van der Waals surface area contributed by atoms with Crippen molar-refractivity contribution in [3.05, 3.63) is 30.1 Å². The lowest BCUT2D eigenvalue weighted by molar-refractivity contribution is 0.0697. The van der Waals surface area contributed by atoms with E-state index in [1.807, 2.05) is 12.1 Å². The minimum Gasteiger partial charge on any atom is -0.294 e. The Balaban J connectivity index is 2.21. The quantitative estimate of drug-likeness (QED) is 0.710. The molecule has 1 unspecified atom stereocenters. The monoisotopic (exact) mass is 217 g/mol. The third-order valence-corrected chi connectivity index (χ3v) is 3.77. The third kappa shape index (κ3) is 2.16. The minimum atomic E-state index is 0.144. The first-order chi connectivity index (χ1) is 7.61. The average molecular weight is 217 g/mol. The highest BCUT2D eigenvalue weighted by Gasteiger charge is 2.37. The predicted molar refractivity (Wildman–Crippen MR) is 64.3 cm³/mol. The van der Waals surface area contributed by atoms with Crippen LogP contribution >= 0.6 is 0 Å². The lowest BCUT2D eigenvalue weighted by Gasteiger charge is -2.37. The van der Waals surface area contributed by atoms with Gasteiger partial charge in [0, 0.05) is 23.9 Å². The van der Waals surface area contributed by atoms with Gasteiger partial charge in [-0.25, -0.2) is 0 Å². The van der Waals surface area contributed by atoms with Gasteiger partial charge in [-0.1, -0.05) is 26.7 Å². The number of Topliss-reactive ketones (excluding diaryl/α,β-unsaturated/α-hetero) is 1. The van der Waals surface area contributed by atoms with Gasteiger partial charge in [-0.05, 0) is 30.4 Å². The molecule has 2 nitrogen and oxygen atoms in total. The highest BCUT2D eigenvalue weighted by Crippen LogP contribution is 2.41.